The van der Waals surface area contributed by atoms with Crippen molar-refractivity contribution in [3.8, 4) is 22.5 Å². The summed E-state index contributed by atoms with van der Waals surface area (Å²) >= 11 is 6.19. The first-order valence-electron chi connectivity index (χ1n) is 9.72. The quantitative estimate of drug-likeness (QED) is 0.380. The molecule has 31 heavy (non-hydrogen) atoms. The molecular weight excluding hydrogens is 414 g/mol. The molecule has 1 atom stereocenters. The molecule has 0 bridgehead atoms. The number of rotatable bonds is 5. The SMILES string of the molecule is Cc1noc(-c2ccc(-c3ccncc3)cc2)c1NC(=O)OC(C)c1ccccc1Cl. The van der Waals surface area contributed by atoms with E-state index < -0.39 is 12.2 Å². The van der Waals surface area contributed by atoms with Gasteiger partial charge in [-0.3, -0.25) is 10.3 Å². The molecule has 2 aromatic heterocycles. The van der Waals surface area contributed by atoms with Crippen molar-refractivity contribution in [2.24, 2.45) is 0 Å². The van der Waals surface area contributed by atoms with Crippen molar-refractivity contribution in [1.29, 1.82) is 0 Å². The number of carbonyl (C=O) groups is 1. The minimum Gasteiger partial charge on any atom is -0.441 e. The third kappa shape index (κ3) is 4.59. The first-order valence-corrected chi connectivity index (χ1v) is 10.1. The second-order valence-corrected chi connectivity index (χ2v) is 7.39. The lowest BCUT2D eigenvalue weighted by Gasteiger charge is -2.15. The van der Waals surface area contributed by atoms with E-state index >= 15 is 0 Å². The van der Waals surface area contributed by atoms with Gasteiger partial charge in [0.1, 0.15) is 17.5 Å². The lowest BCUT2D eigenvalue weighted by Crippen LogP contribution is -2.17. The summed E-state index contributed by atoms with van der Waals surface area (Å²) in [5, 5.41) is 7.30. The molecule has 0 fully saturated rings. The maximum atomic E-state index is 12.5. The van der Waals surface area contributed by atoms with Crippen molar-refractivity contribution in [2.45, 2.75) is 20.0 Å². The van der Waals surface area contributed by atoms with Gasteiger partial charge in [0, 0.05) is 28.5 Å². The third-order valence-corrected chi connectivity index (χ3v) is 5.22. The van der Waals surface area contributed by atoms with E-state index in [9.17, 15) is 4.79 Å². The van der Waals surface area contributed by atoms with Crippen molar-refractivity contribution in [1.82, 2.24) is 10.1 Å². The molecule has 1 N–H and O–H groups in total. The number of nitrogens with one attached hydrogen (secondary N) is 1. The average Bonchev–Trinajstić information content (AvgIpc) is 3.14. The lowest BCUT2D eigenvalue weighted by atomic mass is 10.0. The molecule has 2 heterocycles. The normalized spacial score (nSPS) is 11.7. The molecule has 0 aliphatic carbocycles. The van der Waals surface area contributed by atoms with Crippen LogP contribution in [-0.2, 0) is 4.74 Å². The predicted molar refractivity (Wildman–Crippen MR) is 120 cm³/mol. The number of anilines is 1. The van der Waals surface area contributed by atoms with Gasteiger partial charge < -0.3 is 9.26 Å². The highest BCUT2D eigenvalue weighted by Crippen LogP contribution is 2.33. The van der Waals surface area contributed by atoms with Gasteiger partial charge in [0.15, 0.2) is 5.76 Å². The molecule has 0 aliphatic heterocycles. The van der Waals surface area contributed by atoms with Gasteiger partial charge in [0.25, 0.3) is 0 Å². The van der Waals surface area contributed by atoms with Crippen LogP contribution >= 0.6 is 11.6 Å². The molecule has 0 spiro atoms. The van der Waals surface area contributed by atoms with Crippen molar-refractivity contribution in [3.63, 3.8) is 0 Å². The Hall–Kier alpha value is -3.64. The van der Waals surface area contributed by atoms with Crippen molar-refractivity contribution in [2.75, 3.05) is 5.32 Å². The maximum Gasteiger partial charge on any atom is 0.412 e. The van der Waals surface area contributed by atoms with E-state index in [0.29, 0.717) is 22.2 Å². The van der Waals surface area contributed by atoms with Crippen LogP contribution in [0.2, 0.25) is 5.02 Å². The summed E-state index contributed by atoms with van der Waals surface area (Å²) in [6.45, 7) is 3.52. The lowest BCUT2D eigenvalue weighted by molar-refractivity contribution is 0.121. The molecule has 1 unspecified atom stereocenters. The monoisotopic (exact) mass is 433 g/mol. The Morgan fingerprint density at radius 1 is 1.00 bits per heavy atom. The van der Waals surface area contributed by atoms with Gasteiger partial charge in [-0.2, -0.15) is 0 Å². The fourth-order valence-electron chi connectivity index (χ4n) is 3.23. The molecule has 0 saturated carbocycles. The van der Waals surface area contributed by atoms with E-state index in [0.717, 1.165) is 22.3 Å². The van der Waals surface area contributed by atoms with Gasteiger partial charge in [-0.1, -0.05) is 59.2 Å². The number of hydrogen-bond acceptors (Lipinski definition) is 5. The van der Waals surface area contributed by atoms with Gasteiger partial charge in [0.2, 0.25) is 0 Å². The number of carbonyl (C=O) groups excluding carboxylic acids is 1. The highest BCUT2D eigenvalue weighted by Gasteiger charge is 2.20. The molecule has 2 aromatic carbocycles. The summed E-state index contributed by atoms with van der Waals surface area (Å²) in [6, 6.07) is 18.9. The maximum absolute atomic E-state index is 12.5. The Morgan fingerprint density at radius 3 is 2.35 bits per heavy atom. The molecule has 0 radical (unpaired) electrons. The number of nitrogens with zero attached hydrogens (tertiary/aromatic N) is 2. The predicted octanol–water partition coefficient (Wildman–Crippen LogP) is 6.68. The summed E-state index contributed by atoms with van der Waals surface area (Å²) in [6.07, 6.45) is 2.37. The fourth-order valence-corrected chi connectivity index (χ4v) is 3.52. The summed E-state index contributed by atoms with van der Waals surface area (Å²) in [7, 11) is 0. The van der Waals surface area contributed by atoms with Crippen LogP contribution < -0.4 is 5.32 Å². The molecule has 6 nitrogen and oxygen atoms in total. The number of aromatic nitrogens is 2. The van der Waals surface area contributed by atoms with Crippen LogP contribution in [0.25, 0.3) is 22.5 Å². The van der Waals surface area contributed by atoms with E-state index in [2.05, 4.69) is 15.5 Å². The Morgan fingerprint density at radius 2 is 1.65 bits per heavy atom. The zero-order valence-electron chi connectivity index (χ0n) is 17.0. The van der Waals surface area contributed by atoms with E-state index in [1.165, 1.54) is 0 Å². The Kier molecular flexibility index (Phi) is 6.00. The van der Waals surface area contributed by atoms with Crippen molar-refractivity contribution in [3.05, 3.63) is 89.3 Å². The van der Waals surface area contributed by atoms with E-state index in [1.807, 2.05) is 54.6 Å². The first kappa shape index (κ1) is 20.6. The van der Waals surface area contributed by atoms with Crippen molar-refractivity contribution >= 4 is 23.4 Å². The molecule has 7 heteroatoms. The zero-order valence-corrected chi connectivity index (χ0v) is 17.8. The number of ether oxygens (including phenoxy) is 1. The molecule has 156 valence electrons. The summed E-state index contributed by atoms with van der Waals surface area (Å²) in [4.78, 5) is 16.6. The number of aryl methyl sites for hydroxylation is 1. The fraction of sp³-hybridized carbons (Fsp3) is 0.125. The molecule has 1 amide bonds. The van der Waals surface area contributed by atoms with Crippen LogP contribution in [0.1, 0.15) is 24.3 Å². The van der Waals surface area contributed by atoms with Gasteiger partial charge in [-0.05, 0) is 43.2 Å². The third-order valence-electron chi connectivity index (χ3n) is 4.88. The standard InChI is InChI=1S/C24H20ClN3O3/c1-15-22(27-24(29)30-16(2)20-5-3-4-6-21(20)25)23(31-28-15)19-9-7-17(8-10-19)18-11-13-26-14-12-18/h3-14,16H,1-2H3,(H,27,29). The smallest absolute Gasteiger partial charge is 0.412 e. The van der Waals surface area contributed by atoms with Gasteiger partial charge >= 0.3 is 6.09 Å². The second kappa shape index (κ2) is 9.02. The zero-order chi connectivity index (χ0) is 21.8. The van der Waals surface area contributed by atoms with Crippen LogP contribution in [0, 0.1) is 6.92 Å². The van der Waals surface area contributed by atoms with Crippen LogP contribution in [-0.4, -0.2) is 16.2 Å². The Labute approximate surface area is 184 Å². The first-order chi connectivity index (χ1) is 15.0. The van der Waals surface area contributed by atoms with Gasteiger partial charge in [-0.25, -0.2) is 4.79 Å². The van der Waals surface area contributed by atoms with E-state index in [4.69, 9.17) is 20.9 Å². The molecule has 4 aromatic rings. The Bertz CT molecular complexity index is 1190. The highest BCUT2D eigenvalue weighted by atomic mass is 35.5. The van der Waals surface area contributed by atoms with E-state index in [-0.39, 0.29) is 0 Å². The molecule has 4 rings (SSSR count). The van der Waals surface area contributed by atoms with Crippen molar-refractivity contribution < 1.29 is 14.1 Å². The van der Waals surface area contributed by atoms with E-state index in [1.54, 1.807) is 32.3 Å². The minimum atomic E-state index is -0.617. The molecule has 0 saturated heterocycles. The van der Waals surface area contributed by atoms with Crippen LogP contribution in [0.4, 0.5) is 10.5 Å². The average molecular weight is 434 g/mol. The summed E-state index contributed by atoms with van der Waals surface area (Å²) < 4.78 is 11.0. The van der Waals surface area contributed by atoms with Crippen LogP contribution in [0.5, 0.6) is 0 Å². The molecular formula is C24H20ClN3O3. The highest BCUT2D eigenvalue weighted by molar-refractivity contribution is 6.31. The minimum absolute atomic E-state index is 0.459. The second-order valence-electron chi connectivity index (χ2n) is 6.98. The summed E-state index contributed by atoms with van der Waals surface area (Å²) in [5.41, 5.74) is 4.64. The topological polar surface area (TPSA) is 77.3 Å². The van der Waals surface area contributed by atoms with Gasteiger partial charge in [-0.15, -0.1) is 0 Å². The number of benzene rings is 2. The molecule has 0 aliphatic rings. The van der Waals surface area contributed by atoms with Crippen LogP contribution in [0.15, 0.2) is 77.6 Å². The largest absolute Gasteiger partial charge is 0.441 e. The number of amides is 1. The van der Waals surface area contributed by atoms with Gasteiger partial charge in [0.05, 0.1) is 0 Å². The number of hydrogen-bond donors (Lipinski definition) is 1. The summed E-state index contributed by atoms with van der Waals surface area (Å²) in [5.74, 6) is 0.459. The number of pyridine rings is 1. The van der Waals surface area contributed by atoms with Crippen LogP contribution in [0.3, 0.4) is 0 Å². The number of halogens is 1. The Balaban J connectivity index is 1.51.